The first kappa shape index (κ1) is 17.1. The van der Waals surface area contributed by atoms with E-state index in [0.29, 0.717) is 11.7 Å². The third-order valence-corrected chi connectivity index (χ3v) is 3.65. The Morgan fingerprint density at radius 2 is 2.04 bits per heavy atom. The highest BCUT2D eigenvalue weighted by molar-refractivity contribution is 5.82. The number of ether oxygens (including phenoxy) is 1. The fourth-order valence-corrected chi connectivity index (χ4v) is 2.04. The molecule has 124 valence electrons. The lowest BCUT2D eigenvalue weighted by Crippen LogP contribution is -2.35. The van der Waals surface area contributed by atoms with Crippen molar-refractivity contribution in [3.05, 3.63) is 47.1 Å². The maximum atomic E-state index is 12.4. The zero-order valence-electron chi connectivity index (χ0n) is 13.8. The number of rotatable bonds is 6. The number of likely N-dealkylation sites (N-methyl/N-ethyl adjacent to an activating group) is 1. The van der Waals surface area contributed by atoms with Crippen molar-refractivity contribution < 1.29 is 14.1 Å². The van der Waals surface area contributed by atoms with Crippen molar-refractivity contribution in [1.29, 1.82) is 0 Å². The summed E-state index contributed by atoms with van der Waals surface area (Å²) in [5.74, 6) is 0.579. The van der Waals surface area contributed by atoms with Gasteiger partial charge in [-0.25, -0.2) is 0 Å². The van der Waals surface area contributed by atoms with E-state index >= 15 is 0 Å². The molecular weight excluding hydrogens is 296 g/mol. The van der Waals surface area contributed by atoms with Gasteiger partial charge < -0.3 is 19.9 Å². The van der Waals surface area contributed by atoms with Crippen molar-refractivity contribution in [3.63, 3.8) is 0 Å². The van der Waals surface area contributed by atoms with Gasteiger partial charge in [0.1, 0.15) is 12.1 Å². The van der Waals surface area contributed by atoms with Crippen molar-refractivity contribution in [2.75, 3.05) is 14.2 Å². The second-order valence-corrected chi connectivity index (χ2v) is 5.51. The number of hydrogen-bond acceptors (Lipinski definition) is 6. The van der Waals surface area contributed by atoms with Crippen LogP contribution < -0.4 is 5.73 Å². The predicted molar refractivity (Wildman–Crippen MR) is 84.3 cm³/mol. The molecule has 7 nitrogen and oxygen atoms in total. The quantitative estimate of drug-likeness (QED) is 0.872. The lowest BCUT2D eigenvalue weighted by Gasteiger charge is -2.20. The molecule has 0 aliphatic rings. The fourth-order valence-electron chi connectivity index (χ4n) is 2.04. The number of aromatic nitrogens is 2. The molecule has 1 amide bonds. The van der Waals surface area contributed by atoms with Crippen LogP contribution in [0.1, 0.15) is 41.9 Å². The van der Waals surface area contributed by atoms with Gasteiger partial charge in [0.05, 0.1) is 6.54 Å². The number of hydrogen-bond donors (Lipinski definition) is 1. The van der Waals surface area contributed by atoms with E-state index in [0.717, 1.165) is 11.1 Å². The smallest absolute Gasteiger partial charge is 0.246 e. The van der Waals surface area contributed by atoms with Crippen LogP contribution in [-0.4, -0.2) is 35.1 Å². The molecule has 23 heavy (non-hydrogen) atoms. The minimum atomic E-state index is -0.721. The van der Waals surface area contributed by atoms with Gasteiger partial charge in [0.2, 0.25) is 11.8 Å². The summed E-state index contributed by atoms with van der Waals surface area (Å²) in [5, 5.41) is 3.83. The average Bonchev–Trinajstić information content (AvgIpc) is 3.01. The fraction of sp³-hybridized carbons (Fsp3) is 0.438. The van der Waals surface area contributed by atoms with Crippen molar-refractivity contribution in [1.82, 2.24) is 15.0 Å². The van der Waals surface area contributed by atoms with Crippen molar-refractivity contribution in [3.8, 4) is 0 Å². The van der Waals surface area contributed by atoms with Gasteiger partial charge in [0, 0.05) is 14.2 Å². The van der Waals surface area contributed by atoms with Gasteiger partial charge in [-0.15, -0.1) is 0 Å². The van der Waals surface area contributed by atoms with Crippen molar-refractivity contribution >= 4 is 5.91 Å². The number of nitrogens with two attached hydrogens (primary N) is 1. The molecule has 0 aliphatic heterocycles. The van der Waals surface area contributed by atoms with Gasteiger partial charge in [-0.05, 0) is 19.4 Å². The van der Waals surface area contributed by atoms with E-state index in [4.69, 9.17) is 15.0 Å². The normalized spacial score (nSPS) is 13.6. The van der Waals surface area contributed by atoms with Gasteiger partial charge in [0.25, 0.3) is 0 Å². The Morgan fingerprint density at radius 3 is 2.65 bits per heavy atom. The number of carbonyl (C=O) groups is 1. The van der Waals surface area contributed by atoms with Gasteiger partial charge in [-0.1, -0.05) is 35.0 Å². The van der Waals surface area contributed by atoms with E-state index in [1.165, 1.54) is 4.90 Å². The number of methoxy groups -OCH3 is 1. The largest absolute Gasteiger partial charge is 0.374 e. The number of aryl methyl sites for hydroxylation is 1. The van der Waals surface area contributed by atoms with E-state index in [1.807, 2.05) is 38.1 Å². The minimum absolute atomic E-state index is 0.196. The molecule has 7 heteroatoms. The number of amides is 1. The highest BCUT2D eigenvalue weighted by atomic mass is 16.5. The standard InChI is InChI=1S/C16H22N4O3/c1-10-5-7-12(8-6-10)14(17)16(21)20(3)9-13-18-15(19-23-13)11(2)22-4/h5-8,11,14H,9,17H2,1-4H3. The summed E-state index contributed by atoms with van der Waals surface area (Å²) in [6, 6.07) is 6.85. The molecule has 0 aliphatic carbocycles. The Kier molecular flexibility index (Phi) is 5.46. The van der Waals surface area contributed by atoms with Crippen LogP contribution >= 0.6 is 0 Å². The van der Waals surface area contributed by atoms with Crippen LogP contribution in [0.4, 0.5) is 0 Å². The van der Waals surface area contributed by atoms with Gasteiger partial charge >= 0.3 is 0 Å². The molecule has 2 N–H and O–H groups in total. The summed E-state index contributed by atoms with van der Waals surface area (Å²) in [4.78, 5) is 18.1. The Balaban J connectivity index is 2.01. The van der Waals surface area contributed by atoms with Gasteiger partial charge in [0.15, 0.2) is 5.82 Å². The van der Waals surface area contributed by atoms with Crippen LogP contribution in [0.5, 0.6) is 0 Å². The van der Waals surface area contributed by atoms with Crippen LogP contribution in [0.2, 0.25) is 0 Å². The maximum Gasteiger partial charge on any atom is 0.246 e. The number of nitrogens with zero attached hydrogens (tertiary/aromatic N) is 3. The summed E-state index contributed by atoms with van der Waals surface area (Å²) in [5.41, 5.74) is 7.93. The van der Waals surface area contributed by atoms with Crippen LogP contribution in [0, 0.1) is 6.92 Å². The lowest BCUT2D eigenvalue weighted by atomic mass is 10.1. The van der Waals surface area contributed by atoms with E-state index in [-0.39, 0.29) is 18.6 Å². The molecule has 0 saturated heterocycles. The molecular formula is C16H22N4O3. The lowest BCUT2D eigenvalue weighted by molar-refractivity contribution is -0.132. The summed E-state index contributed by atoms with van der Waals surface area (Å²) in [6.07, 6.45) is -0.261. The zero-order chi connectivity index (χ0) is 17.0. The van der Waals surface area contributed by atoms with E-state index in [2.05, 4.69) is 10.1 Å². The number of carbonyl (C=O) groups excluding carboxylic acids is 1. The average molecular weight is 318 g/mol. The molecule has 1 aromatic carbocycles. The molecule has 0 spiro atoms. The third-order valence-electron chi connectivity index (χ3n) is 3.65. The molecule has 1 aromatic heterocycles. The van der Waals surface area contributed by atoms with Gasteiger partial charge in [-0.3, -0.25) is 4.79 Å². The predicted octanol–water partition coefficient (Wildman–Crippen LogP) is 1.74. The van der Waals surface area contributed by atoms with Crippen LogP contribution in [0.25, 0.3) is 0 Å². The minimum Gasteiger partial charge on any atom is -0.374 e. The molecule has 2 unspecified atom stereocenters. The molecule has 2 rings (SSSR count). The van der Waals surface area contributed by atoms with Crippen LogP contribution in [-0.2, 0) is 16.1 Å². The highest BCUT2D eigenvalue weighted by Crippen LogP contribution is 2.16. The monoisotopic (exact) mass is 318 g/mol. The van der Waals surface area contributed by atoms with Crippen LogP contribution in [0.3, 0.4) is 0 Å². The summed E-state index contributed by atoms with van der Waals surface area (Å²) in [7, 11) is 3.22. The topological polar surface area (TPSA) is 94.5 Å². The second-order valence-electron chi connectivity index (χ2n) is 5.51. The Bertz CT molecular complexity index is 654. The number of benzene rings is 1. The van der Waals surface area contributed by atoms with Crippen molar-refractivity contribution in [2.24, 2.45) is 5.73 Å². The van der Waals surface area contributed by atoms with Crippen LogP contribution in [0.15, 0.2) is 28.8 Å². The third kappa shape index (κ3) is 4.14. The highest BCUT2D eigenvalue weighted by Gasteiger charge is 2.22. The second kappa shape index (κ2) is 7.34. The molecule has 0 saturated carbocycles. The molecule has 0 bridgehead atoms. The first-order chi connectivity index (χ1) is 10.9. The van der Waals surface area contributed by atoms with E-state index in [1.54, 1.807) is 14.2 Å². The maximum absolute atomic E-state index is 12.4. The Morgan fingerprint density at radius 1 is 1.39 bits per heavy atom. The van der Waals surface area contributed by atoms with Gasteiger partial charge in [-0.2, -0.15) is 4.98 Å². The van der Waals surface area contributed by atoms with E-state index < -0.39 is 6.04 Å². The summed E-state index contributed by atoms with van der Waals surface area (Å²) in [6.45, 7) is 4.00. The first-order valence-corrected chi connectivity index (χ1v) is 7.34. The Hall–Kier alpha value is -2.25. The van der Waals surface area contributed by atoms with Crippen molar-refractivity contribution in [2.45, 2.75) is 32.5 Å². The SMILES string of the molecule is COC(C)c1noc(CN(C)C(=O)C(N)c2ccc(C)cc2)n1. The summed E-state index contributed by atoms with van der Waals surface area (Å²) >= 11 is 0. The molecule has 2 aromatic rings. The molecule has 0 fully saturated rings. The zero-order valence-corrected chi connectivity index (χ0v) is 13.8. The molecule has 2 atom stereocenters. The molecule has 0 radical (unpaired) electrons. The first-order valence-electron chi connectivity index (χ1n) is 7.34. The Labute approximate surface area is 135 Å². The summed E-state index contributed by atoms with van der Waals surface area (Å²) < 4.78 is 10.3. The van der Waals surface area contributed by atoms with E-state index in [9.17, 15) is 4.79 Å². The molecule has 1 heterocycles.